The van der Waals surface area contributed by atoms with Crippen LogP contribution in [0, 0.1) is 10.1 Å². The first-order valence-corrected chi connectivity index (χ1v) is 5.05. The van der Waals surface area contributed by atoms with E-state index in [1.165, 1.54) is 12.3 Å². The molecule has 1 N–H and O–H groups in total. The highest BCUT2D eigenvalue weighted by Crippen LogP contribution is 2.11. The molecule has 0 unspecified atom stereocenters. The Kier molecular flexibility index (Phi) is 4.65. The molecular weight excluding hydrogens is 210 g/mol. The minimum atomic E-state index is -0.474. The first kappa shape index (κ1) is 12.4. The maximum absolute atomic E-state index is 10.4. The lowest BCUT2D eigenvalue weighted by molar-refractivity contribution is -0.385. The molecule has 6 heteroatoms. The number of aromatic nitrogens is 1. The van der Waals surface area contributed by atoms with Crippen molar-refractivity contribution in [2.75, 3.05) is 18.5 Å². The molecule has 16 heavy (non-hydrogen) atoms. The third-order valence-corrected chi connectivity index (χ3v) is 1.82. The molecular formula is C10H15N3O3. The average molecular weight is 225 g/mol. The van der Waals surface area contributed by atoms with E-state index in [1.807, 2.05) is 13.8 Å². The molecule has 0 spiro atoms. The molecule has 0 saturated carbocycles. The van der Waals surface area contributed by atoms with E-state index in [2.05, 4.69) is 10.3 Å². The molecule has 0 bridgehead atoms. The van der Waals surface area contributed by atoms with Gasteiger partial charge in [0.15, 0.2) is 0 Å². The smallest absolute Gasteiger partial charge is 0.287 e. The molecule has 0 saturated heterocycles. The first-order chi connectivity index (χ1) is 7.59. The molecule has 6 nitrogen and oxygen atoms in total. The molecule has 1 heterocycles. The lowest BCUT2D eigenvalue weighted by Gasteiger charge is -2.08. The van der Waals surface area contributed by atoms with Crippen LogP contribution < -0.4 is 5.32 Å². The fraction of sp³-hybridized carbons (Fsp3) is 0.500. The number of nitrogens with one attached hydrogen (secondary N) is 1. The second-order valence-corrected chi connectivity index (χ2v) is 3.51. The van der Waals surface area contributed by atoms with Crippen LogP contribution in [0.25, 0.3) is 0 Å². The van der Waals surface area contributed by atoms with Crippen molar-refractivity contribution in [2.24, 2.45) is 0 Å². The van der Waals surface area contributed by atoms with Crippen molar-refractivity contribution in [1.82, 2.24) is 4.98 Å². The van der Waals surface area contributed by atoms with Gasteiger partial charge in [0.2, 0.25) is 0 Å². The highest BCUT2D eigenvalue weighted by Gasteiger charge is 2.04. The number of hydrogen-bond donors (Lipinski definition) is 1. The van der Waals surface area contributed by atoms with E-state index in [4.69, 9.17) is 4.74 Å². The van der Waals surface area contributed by atoms with Gasteiger partial charge in [-0.25, -0.2) is 4.98 Å². The number of hydrogen-bond acceptors (Lipinski definition) is 5. The molecule has 0 aromatic carbocycles. The molecule has 88 valence electrons. The van der Waals surface area contributed by atoms with E-state index in [1.54, 1.807) is 6.07 Å². The number of anilines is 1. The van der Waals surface area contributed by atoms with Crippen molar-refractivity contribution in [3.05, 3.63) is 28.4 Å². The summed E-state index contributed by atoms with van der Waals surface area (Å²) in [6, 6.07) is 2.99. The summed E-state index contributed by atoms with van der Waals surface area (Å²) < 4.78 is 5.33. The van der Waals surface area contributed by atoms with Crippen molar-refractivity contribution in [2.45, 2.75) is 20.0 Å². The van der Waals surface area contributed by atoms with Crippen LogP contribution >= 0.6 is 0 Å². The summed E-state index contributed by atoms with van der Waals surface area (Å²) in [6.07, 6.45) is 1.43. The van der Waals surface area contributed by atoms with Crippen molar-refractivity contribution in [1.29, 1.82) is 0 Å². The van der Waals surface area contributed by atoms with E-state index < -0.39 is 4.92 Å². The van der Waals surface area contributed by atoms with Crippen molar-refractivity contribution >= 4 is 11.5 Å². The molecule has 0 amide bonds. The van der Waals surface area contributed by atoms with Gasteiger partial charge in [-0.1, -0.05) is 0 Å². The average Bonchev–Trinajstić information content (AvgIpc) is 2.25. The highest BCUT2D eigenvalue weighted by atomic mass is 16.6. The van der Waals surface area contributed by atoms with Gasteiger partial charge in [0, 0.05) is 12.6 Å². The topological polar surface area (TPSA) is 77.3 Å². The molecule has 0 aliphatic carbocycles. The standard InChI is InChI=1S/C10H15N3O3/c1-8(2)16-6-5-11-10-4-3-9(7-12-10)13(14)15/h3-4,7-8H,5-6H2,1-2H3,(H,11,12). The molecule has 0 aliphatic heterocycles. The second kappa shape index (κ2) is 6.02. The van der Waals surface area contributed by atoms with E-state index in [-0.39, 0.29) is 11.8 Å². The minimum absolute atomic E-state index is 0.0102. The van der Waals surface area contributed by atoms with Gasteiger partial charge in [0.1, 0.15) is 12.0 Å². The maximum atomic E-state index is 10.4. The SMILES string of the molecule is CC(C)OCCNc1ccc([N+](=O)[O-])cn1. The Balaban J connectivity index is 2.35. The van der Waals surface area contributed by atoms with Crippen molar-refractivity contribution in [3.63, 3.8) is 0 Å². The van der Waals surface area contributed by atoms with E-state index in [9.17, 15) is 10.1 Å². The number of nitro groups is 1. The monoisotopic (exact) mass is 225 g/mol. The zero-order valence-corrected chi connectivity index (χ0v) is 9.34. The van der Waals surface area contributed by atoms with Gasteiger partial charge in [-0.2, -0.15) is 0 Å². The predicted molar refractivity (Wildman–Crippen MR) is 60.5 cm³/mol. The van der Waals surface area contributed by atoms with Gasteiger partial charge in [-0.15, -0.1) is 0 Å². The van der Waals surface area contributed by atoms with Crippen LogP contribution in [0.5, 0.6) is 0 Å². The molecule has 1 aromatic rings. The maximum Gasteiger partial charge on any atom is 0.287 e. The third-order valence-electron chi connectivity index (χ3n) is 1.82. The Morgan fingerprint density at radius 3 is 2.81 bits per heavy atom. The zero-order valence-electron chi connectivity index (χ0n) is 9.34. The second-order valence-electron chi connectivity index (χ2n) is 3.51. The van der Waals surface area contributed by atoms with Gasteiger partial charge in [0.05, 0.1) is 17.6 Å². The van der Waals surface area contributed by atoms with Crippen LogP contribution in [-0.4, -0.2) is 29.2 Å². The molecule has 0 radical (unpaired) electrons. The lowest BCUT2D eigenvalue weighted by atomic mass is 10.4. The van der Waals surface area contributed by atoms with Gasteiger partial charge in [-0.05, 0) is 19.9 Å². The summed E-state index contributed by atoms with van der Waals surface area (Å²) in [5, 5.41) is 13.4. The normalized spacial score (nSPS) is 10.4. The summed E-state index contributed by atoms with van der Waals surface area (Å²) in [4.78, 5) is 13.8. The summed E-state index contributed by atoms with van der Waals surface area (Å²) >= 11 is 0. The van der Waals surface area contributed by atoms with Crippen LogP contribution in [0.2, 0.25) is 0 Å². The van der Waals surface area contributed by atoms with Gasteiger partial charge >= 0.3 is 0 Å². The summed E-state index contributed by atoms with van der Waals surface area (Å²) in [6.45, 7) is 5.13. The van der Waals surface area contributed by atoms with Crippen LogP contribution in [0.3, 0.4) is 0 Å². The zero-order chi connectivity index (χ0) is 12.0. The Hall–Kier alpha value is -1.69. The number of ether oxygens (including phenoxy) is 1. The van der Waals surface area contributed by atoms with E-state index >= 15 is 0 Å². The Morgan fingerprint density at radius 2 is 2.31 bits per heavy atom. The fourth-order valence-electron chi connectivity index (χ4n) is 1.07. The minimum Gasteiger partial charge on any atom is -0.377 e. The number of pyridine rings is 1. The van der Waals surface area contributed by atoms with Crippen LogP contribution in [0.4, 0.5) is 11.5 Å². The fourth-order valence-corrected chi connectivity index (χ4v) is 1.07. The van der Waals surface area contributed by atoms with Gasteiger partial charge in [0.25, 0.3) is 5.69 Å². The highest BCUT2D eigenvalue weighted by molar-refractivity contribution is 5.39. The van der Waals surface area contributed by atoms with Crippen LogP contribution in [0.15, 0.2) is 18.3 Å². The van der Waals surface area contributed by atoms with Crippen molar-refractivity contribution < 1.29 is 9.66 Å². The summed E-state index contributed by atoms with van der Waals surface area (Å²) in [7, 11) is 0. The molecule has 0 atom stereocenters. The van der Waals surface area contributed by atoms with Gasteiger partial charge < -0.3 is 10.1 Å². The summed E-state index contributed by atoms with van der Waals surface area (Å²) in [5.41, 5.74) is -0.0102. The Morgan fingerprint density at radius 1 is 1.56 bits per heavy atom. The number of nitrogens with zero attached hydrogens (tertiary/aromatic N) is 2. The van der Waals surface area contributed by atoms with Gasteiger partial charge in [-0.3, -0.25) is 10.1 Å². The lowest BCUT2D eigenvalue weighted by Crippen LogP contribution is -2.13. The quantitative estimate of drug-likeness (QED) is 0.454. The molecule has 1 aromatic heterocycles. The van der Waals surface area contributed by atoms with E-state index in [0.29, 0.717) is 19.0 Å². The molecule has 0 aliphatic rings. The summed E-state index contributed by atoms with van der Waals surface area (Å²) in [5.74, 6) is 0.609. The largest absolute Gasteiger partial charge is 0.377 e. The Labute approximate surface area is 93.8 Å². The third kappa shape index (κ3) is 4.22. The molecule has 0 fully saturated rings. The van der Waals surface area contributed by atoms with Crippen LogP contribution in [-0.2, 0) is 4.74 Å². The first-order valence-electron chi connectivity index (χ1n) is 5.05. The molecule has 1 rings (SSSR count). The van der Waals surface area contributed by atoms with E-state index in [0.717, 1.165) is 0 Å². The number of rotatable bonds is 6. The Bertz CT molecular complexity index is 338. The van der Waals surface area contributed by atoms with Crippen molar-refractivity contribution in [3.8, 4) is 0 Å². The van der Waals surface area contributed by atoms with Crippen LogP contribution in [0.1, 0.15) is 13.8 Å². The predicted octanol–water partition coefficient (Wildman–Crippen LogP) is 1.83.